The highest BCUT2D eigenvalue weighted by Crippen LogP contribution is 2.20. The van der Waals surface area contributed by atoms with Crippen LogP contribution in [0.3, 0.4) is 0 Å². The fourth-order valence-electron chi connectivity index (χ4n) is 3.18. The summed E-state index contributed by atoms with van der Waals surface area (Å²) >= 11 is 0. The van der Waals surface area contributed by atoms with Gasteiger partial charge in [0.1, 0.15) is 12.4 Å². The van der Waals surface area contributed by atoms with E-state index in [1.807, 2.05) is 24.6 Å². The van der Waals surface area contributed by atoms with Gasteiger partial charge in [-0.15, -0.1) is 34.2 Å². The number of aromatic nitrogens is 3. The van der Waals surface area contributed by atoms with Crippen LogP contribution in [0.15, 0.2) is 35.3 Å². The molecule has 0 aliphatic rings. The molecule has 0 saturated heterocycles. The minimum Gasteiger partial charge on any atom is -0.379 e. The summed E-state index contributed by atoms with van der Waals surface area (Å²) in [6, 6.07) is 10.4. The number of ether oxygens (including phenoxy) is 1. The molecule has 1 heterocycles. The summed E-state index contributed by atoms with van der Waals surface area (Å²) in [6.07, 6.45) is 1.06. The average molecular weight is 558 g/mol. The number of benzene rings is 1. The van der Waals surface area contributed by atoms with Crippen molar-refractivity contribution in [2.24, 2.45) is 17.5 Å². The van der Waals surface area contributed by atoms with Crippen LogP contribution in [0.25, 0.3) is 0 Å². The first-order chi connectivity index (χ1) is 14.7. The molecule has 1 unspecified atom stereocenters. The fraction of sp³-hybridized carbons (Fsp3) is 0.609. The molecule has 0 bridgehead atoms. The molecular formula is C23H40IN7O. The number of aryl methyl sites for hydroxylation is 1. The monoisotopic (exact) mass is 557 g/mol. The first-order valence-electron chi connectivity index (χ1n) is 10.9. The molecule has 2 aromatic rings. The summed E-state index contributed by atoms with van der Waals surface area (Å²) in [5.74, 6) is 2.47. The number of nitrogens with one attached hydrogen (secondary N) is 2. The Bertz CT molecular complexity index is 817. The Balaban J connectivity index is 0.00000512. The molecule has 2 N–H and O–H groups in total. The quantitative estimate of drug-likeness (QED) is 0.202. The Labute approximate surface area is 210 Å². The Morgan fingerprint density at radius 2 is 1.88 bits per heavy atom. The van der Waals surface area contributed by atoms with Crippen LogP contribution in [-0.4, -0.2) is 60.6 Å². The van der Waals surface area contributed by atoms with Crippen molar-refractivity contribution in [3.8, 4) is 0 Å². The number of guanidine groups is 1. The minimum absolute atomic E-state index is 0. The van der Waals surface area contributed by atoms with Crippen LogP contribution in [0.1, 0.15) is 38.8 Å². The number of anilines is 1. The molecule has 0 aliphatic carbocycles. The van der Waals surface area contributed by atoms with E-state index in [-0.39, 0.29) is 35.5 Å². The topological polar surface area (TPSA) is 79.6 Å². The van der Waals surface area contributed by atoms with Gasteiger partial charge in [-0.05, 0) is 30.9 Å². The number of nitrogens with zero attached hydrogens (tertiary/aromatic N) is 5. The molecule has 1 atom stereocenters. The number of para-hydroxylation sites is 1. The van der Waals surface area contributed by atoms with Crippen LogP contribution in [0.4, 0.5) is 5.69 Å². The maximum atomic E-state index is 5.68. The third-order valence-corrected chi connectivity index (χ3v) is 5.43. The number of hydrogen-bond donors (Lipinski definition) is 2. The number of rotatable bonds is 10. The van der Waals surface area contributed by atoms with Gasteiger partial charge >= 0.3 is 0 Å². The zero-order valence-electron chi connectivity index (χ0n) is 20.6. The van der Waals surface area contributed by atoms with Crippen LogP contribution in [0.2, 0.25) is 0 Å². The van der Waals surface area contributed by atoms with Gasteiger partial charge in [-0.2, -0.15) is 0 Å². The summed E-state index contributed by atoms with van der Waals surface area (Å²) in [5, 5.41) is 15.2. The predicted molar refractivity (Wildman–Crippen MR) is 143 cm³/mol. The SMILES string of the molecule is COC(CNC(=NCc1nnc(C)n1C)NCCCN(C)c1ccccc1)C(C)(C)C.I. The average Bonchev–Trinajstić information content (AvgIpc) is 3.06. The van der Waals surface area contributed by atoms with Gasteiger partial charge in [-0.25, -0.2) is 4.99 Å². The van der Waals surface area contributed by atoms with Gasteiger partial charge < -0.3 is 24.8 Å². The predicted octanol–water partition coefficient (Wildman–Crippen LogP) is 3.36. The molecule has 0 radical (unpaired) electrons. The fourth-order valence-corrected chi connectivity index (χ4v) is 3.18. The van der Waals surface area contributed by atoms with Gasteiger partial charge in [0.25, 0.3) is 0 Å². The Kier molecular flexibility index (Phi) is 12.0. The molecule has 1 aromatic heterocycles. The van der Waals surface area contributed by atoms with E-state index < -0.39 is 0 Å². The van der Waals surface area contributed by atoms with Gasteiger partial charge in [0.15, 0.2) is 11.8 Å². The summed E-state index contributed by atoms with van der Waals surface area (Å²) in [5.41, 5.74) is 1.26. The molecule has 0 fully saturated rings. The molecular weight excluding hydrogens is 517 g/mol. The highest BCUT2D eigenvalue weighted by Gasteiger charge is 2.24. The molecule has 2 rings (SSSR count). The lowest BCUT2D eigenvalue weighted by atomic mass is 9.89. The van der Waals surface area contributed by atoms with E-state index in [1.54, 1.807) is 7.11 Å². The lowest BCUT2D eigenvalue weighted by molar-refractivity contribution is 0.0205. The lowest BCUT2D eigenvalue weighted by Crippen LogP contribution is -2.45. The zero-order chi connectivity index (χ0) is 22.9. The largest absolute Gasteiger partial charge is 0.379 e. The van der Waals surface area contributed by atoms with Crippen LogP contribution >= 0.6 is 24.0 Å². The molecule has 8 nitrogen and oxygen atoms in total. The molecule has 180 valence electrons. The van der Waals surface area contributed by atoms with E-state index in [4.69, 9.17) is 9.73 Å². The summed E-state index contributed by atoms with van der Waals surface area (Å²) in [4.78, 5) is 6.99. The van der Waals surface area contributed by atoms with Gasteiger partial charge in [0.05, 0.1) is 6.10 Å². The van der Waals surface area contributed by atoms with Crippen molar-refractivity contribution in [1.82, 2.24) is 25.4 Å². The highest BCUT2D eigenvalue weighted by atomic mass is 127. The van der Waals surface area contributed by atoms with Gasteiger partial charge in [-0.3, -0.25) is 0 Å². The van der Waals surface area contributed by atoms with E-state index in [2.05, 4.69) is 77.8 Å². The van der Waals surface area contributed by atoms with E-state index in [9.17, 15) is 0 Å². The molecule has 9 heteroatoms. The van der Waals surface area contributed by atoms with Gasteiger partial charge in [0.2, 0.25) is 0 Å². The number of methoxy groups -OCH3 is 1. The third-order valence-electron chi connectivity index (χ3n) is 5.43. The molecule has 0 aliphatic heterocycles. The number of aliphatic imine (C=N–C) groups is 1. The maximum Gasteiger partial charge on any atom is 0.191 e. The van der Waals surface area contributed by atoms with Crippen molar-refractivity contribution in [1.29, 1.82) is 0 Å². The van der Waals surface area contributed by atoms with Crippen LogP contribution in [0.5, 0.6) is 0 Å². The second-order valence-electron chi connectivity index (χ2n) is 8.90. The van der Waals surface area contributed by atoms with Crippen molar-refractivity contribution in [3.05, 3.63) is 42.0 Å². The molecule has 1 aromatic carbocycles. The Hall–Kier alpha value is -1.88. The van der Waals surface area contributed by atoms with E-state index in [1.165, 1.54) is 5.69 Å². The summed E-state index contributed by atoms with van der Waals surface area (Å²) < 4.78 is 7.64. The van der Waals surface area contributed by atoms with Crippen molar-refractivity contribution in [2.75, 3.05) is 38.7 Å². The van der Waals surface area contributed by atoms with Crippen molar-refractivity contribution in [3.63, 3.8) is 0 Å². The number of halogens is 1. The van der Waals surface area contributed by atoms with Crippen molar-refractivity contribution < 1.29 is 4.74 Å². The zero-order valence-corrected chi connectivity index (χ0v) is 22.9. The van der Waals surface area contributed by atoms with Gasteiger partial charge in [0, 0.05) is 46.5 Å². The smallest absolute Gasteiger partial charge is 0.191 e. The molecule has 0 amide bonds. The first-order valence-corrected chi connectivity index (χ1v) is 10.9. The molecule has 0 spiro atoms. The van der Waals surface area contributed by atoms with Crippen LogP contribution in [-0.2, 0) is 18.3 Å². The third kappa shape index (κ3) is 8.93. The van der Waals surface area contributed by atoms with E-state index >= 15 is 0 Å². The number of hydrogen-bond acceptors (Lipinski definition) is 5. The van der Waals surface area contributed by atoms with Crippen LogP contribution < -0.4 is 15.5 Å². The van der Waals surface area contributed by atoms with E-state index in [0.717, 1.165) is 37.1 Å². The van der Waals surface area contributed by atoms with Gasteiger partial charge in [-0.1, -0.05) is 39.0 Å². The highest BCUT2D eigenvalue weighted by molar-refractivity contribution is 14.0. The maximum absolute atomic E-state index is 5.68. The lowest BCUT2D eigenvalue weighted by Gasteiger charge is -2.30. The summed E-state index contributed by atoms with van der Waals surface area (Å²) in [6.45, 7) is 11.4. The van der Waals surface area contributed by atoms with Crippen molar-refractivity contribution in [2.45, 2.75) is 46.8 Å². The molecule has 0 saturated carbocycles. The van der Waals surface area contributed by atoms with E-state index in [0.29, 0.717) is 13.1 Å². The standard InChI is InChI=1S/C23H39N7O.HI/c1-18-27-28-21(30(18)6)17-26-22(25-16-20(31-7)23(2,3)4)24-14-11-15-29(5)19-12-9-8-10-13-19;/h8-10,12-13,20H,11,14-17H2,1-7H3,(H2,24,25,26);1H. The second-order valence-corrected chi connectivity index (χ2v) is 8.90. The van der Waals surface area contributed by atoms with Crippen molar-refractivity contribution >= 4 is 35.6 Å². The second kappa shape index (κ2) is 13.6. The summed E-state index contributed by atoms with van der Waals surface area (Å²) in [7, 11) is 5.83. The van der Waals surface area contributed by atoms with Crippen LogP contribution in [0, 0.1) is 12.3 Å². The minimum atomic E-state index is 0. The Morgan fingerprint density at radius 3 is 2.44 bits per heavy atom. The first kappa shape index (κ1) is 28.2. The normalized spacial score (nSPS) is 12.8. The molecule has 32 heavy (non-hydrogen) atoms. The Morgan fingerprint density at radius 1 is 1.19 bits per heavy atom.